The summed E-state index contributed by atoms with van der Waals surface area (Å²) in [6, 6.07) is 5.71. The third kappa shape index (κ3) is 0.871. The largest absolute Gasteiger partial charge is 0.398 e. The van der Waals surface area contributed by atoms with Gasteiger partial charge >= 0.3 is 0 Å². The summed E-state index contributed by atoms with van der Waals surface area (Å²) < 4.78 is 0. The Hall–Kier alpha value is -2.03. The number of fused-ring (bicyclic) bond motifs is 3. The molecule has 0 aromatic heterocycles. The van der Waals surface area contributed by atoms with Crippen LogP contribution in [0.15, 0.2) is 30.0 Å². The molecule has 0 atom stereocenters. The number of benzene rings is 1. The molecule has 0 fully saturated rings. The van der Waals surface area contributed by atoms with E-state index in [2.05, 4.69) is 0 Å². The zero-order valence-electron chi connectivity index (χ0n) is 8.08. The predicted octanol–water partition coefficient (Wildman–Crippen LogP) is 1.31. The second-order valence-electron chi connectivity index (χ2n) is 3.82. The van der Waals surface area contributed by atoms with E-state index in [4.69, 9.17) is 11.5 Å². The van der Waals surface area contributed by atoms with Gasteiger partial charge in [0.25, 0.3) is 0 Å². The molecule has 2 aliphatic rings. The van der Waals surface area contributed by atoms with Crippen molar-refractivity contribution in [2.45, 2.75) is 6.42 Å². The number of carbonyl (C=O) groups excluding carboxylic acids is 1. The van der Waals surface area contributed by atoms with Crippen molar-refractivity contribution in [3.63, 3.8) is 0 Å². The minimum Gasteiger partial charge on any atom is -0.398 e. The Morgan fingerprint density at radius 1 is 1.20 bits per heavy atom. The Labute approximate surface area is 87.1 Å². The standard InChI is InChI=1S/C12H10N2O/c13-8-3-1-2-6-7-4-5-9(14)12(15)11(7)10(6)8/h1-3,5H,4,13-14H2. The zero-order chi connectivity index (χ0) is 10.6. The van der Waals surface area contributed by atoms with E-state index in [9.17, 15) is 4.79 Å². The number of hydrogen-bond acceptors (Lipinski definition) is 3. The number of nitrogens with two attached hydrogens (primary N) is 2. The molecule has 74 valence electrons. The van der Waals surface area contributed by atoms with Gasteiger partial charge in [0.1, 0.15) is 0 Å². The Morgan fingerprint density at radius 2 is 2.00 bits per heavy atom. The van der Waals surface area contributed by atoms with Crippen molar-refractivity contribution >= 4 is 22.6 Å². The van der Waals surface area contributed by atoms with E-state index < -0.39 is 0 Å². The SMILES string of the molecule is NC1=CCC2=C(C1=O)c1c(N)cccc12. The van der Waals surface area contributed by atoms with Gasteiger partial charge in [-0.15, -0.1) is 0 Å². The normalized spacial score (nSPS) is 17.9. The average Bonchev–Trinajstić information content (AvgIpc) is 2.18. The van der Waals surface area contributed by atoms with E-state index in [0.29, 0.717) is 11.4 Å². The van der Waals surface area contributed by atoms with Crippen molar-refractivity contribution in [3.8, 4) is 0 Å². The fourth-order valence-electron chi connectivity index (χ4n) is 2.24. The number of rotatable bonds is 0. The maximum atomic E-state index is 11.8. The number of hydrogen-bond donors (Lipinski definition) is 2. The van der Waals surface area contributed by atoms with Gasteiger partial charge in [0.2, 0.25) is 5.78 Å². The molecule has 2 aliphatic carbocycles. The number of carbonyl (C=O) groups is 1. The van der Waals surface area contributed by atoms with Crippen LogP contribution in [-0.4, -0.2) is 5.78 Å². The van der Waals surface area contributed by atoms with Gasteiger partial charge in [0.05, 0.1) is 5.70 Å². The van der Waals surface area contributed by atoms with Crippen molar-refractivity contribution in [1.82, 2.24) is 0 Å². The highest BCUT2D eigenvalue weighted by molar-refractivity contribution is 6.40. The molecule has 0 unspecified atom stereocenters. The first kappa shape index (κ1) is 8.29. The highest BCUT2D eigenvalue weighted by atomic mass is 16.1. The van der Waals surface area contributed by atoms with Crippen LogP contribution in [0.1, 0.15) is 17.5 Å². The van der Waals surface area contributed by atoms with Crippen molar-refractivity contribution in [2.75, 3.05) is 5.73 Å². The Balaban J connectivity index is 2.20. The van der Waals surface area contributed by atoms with Crippen LogP contribution in [0.5, 0.6) is 0 Å². The molecule has 0 heterocycles. The quantitative estimate of drug-likeness (QED) is 0.617. The fourth-order valence-corrected chi connectivity index (χ4v) is 2.24. The molecule has 15 heavy (non-hydrogen) atoms. The first-order valence-electron chi connectivity index (χ1n) is 4.83. The molecule has 0 saturated carbocycles. The monoisotopic (exact) mass is 198 g/mol. The van der Waals surface area contributed by atoms with Crippen LogP contribution in [-0.2, 0) is 4.79 Å². The van der Waals surface area contributed by atoms with Crippen LogP contribution < -0.4 is 11.5 Å². The van der Waals surface area contributed by atoms with E-state index >= 15 is 0 Å². The van der Waals surface area contributed by atoms with Gasteiger partial charge in [0, 0.05) is 16.8 Å². The summed E-state index contributed by atoms with van der Waals surface area (Å²) in [5, 5.41) is 0. The van der Waals surface area contributed by atoms with Crippen molar-refractivity contribution in [2.24, 2.45) is 5.73 Å². The van der Waals surface area contributed by atoms with Crippen molar-refractivity contribution in [1.29, 1.82) is 0 Å². The lowest BCUT2D eigenvalue weighted by Gasteiger charge is -2.30. The van der Waals surface area contributed by atoms with E-state index in [-0.39, 0.29) is 5.78 Å². The summed E-state index contributed by atoms with van der Waals surface area (Å²) in [6.07, 6.45) is 2.51. The number of ketones is 1. The first-order chi connectivity index (χ1) is 7.20. The van der Waals surface area contributed by atoms with E-state index in [1.807, 2.05) is 18.2 Å². The summed E-state index contributed by atoms with van der Waals surface area (Å²) in [6.45, 7) is 0. The topological polar surface area (TPSA) is 69.1 Å². The maximum Gasteiger partial charge on any atom is 0.209 e. The molecule has 0 spiro atoms. The lowest BCUT2D eigenvalue weighted by atomic mass is 9.73. The molecule has 0 saturated heterocycles. The second-order valence-corrected chi connectivity index (χ2v) is 3.82. The fraction of sp³-hybridized carbons (Fsp3) is 0.0833. The van der Waals surface area contributed by atoms with Gasteiger partial charge < -0.3 is 11.5 Å². The minimum absolute atomic E-state index is 0.0818. The van der Waals surface area contributed by atoms with Crippen LogP contribution in [0.2, 0.25) is 0 Å². The van der Waals surface area contributed by atoms with Crippen molar-refractivity contribution in [3.05, 3.63) is 41.1 Å². The minimum atomic E-state index is -0.0818. The molecular formula is C12H10N2O. The molecule has 0 bridgehead atoms. The molecule has 3 rings (SSSR count). The molecule has 0 aliphatic heterocycles. The number of nitrogen functional groups attached to an aromatic ring is 1. The summed E-state index contributed by atoms with van der Waals surface area (Å²) in [5.74, 6) is -0.0818. The second kappa shape index (κ2) is 2.51. The molecule has 0 radical (unpaired) electrons. The summed E-state index contributed by atoms with van der Waals surface area (Å²) >= 11 is 0. The highest BCUT2D eigenvalue weighted by Gasteiger charge is 2.34. The van der Waals surface area contributed by atoms with Gasteiger partial charge in [0.15, 0.2) is 0 Å². The zero-order valence-corrected chi connectivity index (χ0v) is 8.08. The van der Waals surface area contributed by atoms with Gasteiger partial charge in [-0.3, -0.25) is 4.79 Å². The third-order valence-corrected chi connectivity index (χ3v) is 2.99. The smallest absolute Gasteiger partial charge is 0.209 e. The summed E-state index contributed by atoms with van der Waals surface area (Å²) in [7, 11) is 0. The number of anilines is 1. The average molecular weight is 198 g/mol. The van der Waals surface area contributed by atoms with E-state index in [1.54, 1.807) is 6.08 Å². The van der Waals surface area contributed by atoms with Gasteiger partial charge in [-0.1, -0.05) is 18.2 Å². The van der Waals surface area contributed by atoms with Crippen LogP contribution in [0.3, 0.4) is 0 Å². The number of allylic oxidation sites excluding steroid dienone is 3. The van der Waals surface area contributed by atoms with Crippen LogP contribution in [0, 0.1) is 0 Å². The van der Waals surface area contributed by atoms with E-state index in [0.717, 1.165) is 28.7 Å². The van der Waals surface area contributed by atoms with Crippen LogP contribution in [0.4, 0.5) is 5.69 Å². The van der Waals surface area contributed by atoms with Crippen LogP contribution in [0.25, 0.3) is 11.1 Å². The Kier molecular flexibility index (Phi) is 1.39. The summed E-state index contributed by atoms with van der Waals surface area (Å²) in [5.41, 5.74) is 16.2. The summed E-state index contributed by atoms with van der Waals surface area (Å²) in [4.78, 5) is 11.8. The molecule has 1 aromatic carbocycles. The van der Waals surface area contributed by atoms with Crippen LogP contribution >= 0.6 is 0 Å². The third-order valence-electron chi connectivity index (χ3n) is 2.99. The molecule has 3 nitrogen and oxygen atoms in total. The van der Waals surface area contributed by atoms with Gasteiger partial charge in [-0.2, -0.15) is 0 Å². The molecule has 1 aromatic rings. The molecule has 4 N–H and O–H groups in total. The van der Waals surface area contributed by atoms with Gasteiger partial charge in [-0.25, -0.2) is 0 Å². The molecule has 0 amide bonds. The lowest BCUT2D eigenvalue weighted by Crippen LogP contribution is -2.24. The number of Topliss-reactive ketones (excluding diaryl/α,β-unsaturated/α-hetero) is 1. The highest BCUT2D eigenvalue weighted by Crippen LogP contribution is 2.48. The molecular weight excluding hydrogens is 188 g/mol. The van der Waals surface area contributed by atoms with Gasteiger partial charge in [-0.05, 0) is 23.6 Å². The Morgan fingerprint density at radius 3 is 2.80 bits per heavy atom. The Bertz CT molecular complexity index is 553. The van der Waals surface area contributed by atoms with Crippen molar-refractivity contribution < 1.29 is 4.79 Å². The maximum absolute atomic E-state index is 11.8. The lowest BCUT2D eigenvalue weighted by molar-refractivity contribution is -0.110. The first-order valence-corrected chi connectivity index (χ1v) is 4.83. The van der Waals surface area contributed by atoms with E-state index in [1.165, 1.54) is 0 Å². The predicted molar refractivity (Wildman–Crippen MR) is 59.6 cm³/mol. The molecule has 3 heteroatoms.